The van der Waals surface area contributed by atoms with Gasteiger partial charge in [0.1, 0.15) is 0 Å². The molecule has 7 heteroatoms. The van der Waals surface area contributed by atoms with Gasteiger partial charge in [-0.15, -0.1) is 0 Å². The van der Waals surface area contributed by atoms with E-state index >= 15 is 0 Å². The van der Waals surface area contributed by atoms with E-state index in [-0.39, 0.29) is 5.75 Å². The summed E-state index contributed by atoms with van der Waals surface area (Å²) in [5.74, 6) is 0.185. The van der Waals surface area contributed by atoms with Gasteiger partial charge in [0.25, 0.3) is 0 Å². The lowest BCUT2D eigenvalue weighted by Gasteiger charge is -2.11. The lowest BCUT2D eigenvalue weighted by atomic mass is 10.3. The van der Waals surface area contributed by atoms with Crippen LogP contribution in [0, 0.1) is 0 Å². The minimum atomic E-state index is -3.15. The molecule has 0 aromatic heterocycles. The highest BCUT2D eigenvalue weighted by molar-refractivity contribution is 7.89. The van der Waals surface area contributed by atoms with E-state index in [2.05, 4.69) is 23.9 Å². The van der Waals surface area contributed by atoms with E-state index in [9.17, 15) is 8.42 Å². The van der Waals surface area contributed by atoms with Crippen molar-refractivity contribution in [2.24, 2.45) is 0 Å². The van der Waals surface area contributed by atoms with Crippen LogP contribution in [0.2, 0.25) is 0 Å². The monoisotopic (exact) mass is 309 g/mol. The highest BCUT2D eigenvalue weighted by atomic mass is 32.2. The van der Waals surface area contributed by atoms with Gasteiger partial charge in [0.2, 0.25) is 10.0 Å². The van der Waals surface area contributed by atoms with Crippen LogP contribution < -0.4 is 10.0 Å². The Balaban J connectivity index is 3.50. The molecule has 0 radical (unpaired) electrons. The third kappa shape index (κ3) is 14.2. The minimum Gasteiger partial charge on any atom is -0.379 e. The van der Waals surface area contributed by atoms with E-state index in [0.29, 0.717) is 32.2 Å². The van der Waals surface area contributed by atoms with Crippen LogP contribution in [0.5, 0.6) is 0 Å². The third-order valence-corrected chi connectivity index (χ3v) is 4.11. The van der Waals surface area contributed by atoms with E-state index < -0.39 is 10.0 Å². The Hall–Kier alpha value is -0.210. The van der Waals surface area contributed by atoms with Crippen molar-refractivity contribution in [3.63, 3.8) is 0 Å². The van der Waals surface area contributed by atoms with Crippen LogP contribution in [0.3, 0.4) is 0 Å². The first kappa shape index (κ1) is 19.8. The molecule has 0 unspecified atom stereocenters. The van der Waals surface area contributed by atoms with E-state index in [1.807, 2.05) is 19.0 Å². The van der Waals surface area contributed by atoms with Crippen molar-refractivity contribution in [2.75, 3.05) is 52.7 Å². The molecule has 6 nitrogen and oxygen atoms in total. The second-order valence-corrected chi connectivity index (χ2v) is 7.37. The van der Waals surface area contributed by atoms with Crippen molar-refractivity contribution < 1.29 is 13.2 Å². The lowest BCUT2D eigenvalue weighted by molar-refractivity contribution is 0.122. The van der Waals surface area contributed by atoms with Gasteiger partial charge >= 0.3 is 0 Å². The van der Waals surface area contributed by atoms with Crippen LogP contribution in [0.4, 0.5) is 0 Å². The SMILES string of the molecule is CC(C)NCCCCS(=O)(=O)NCCOCCN(C)C. The van der Waals surface area contributed by atoms with Gasteiger partial charge in [0.15, 0.2) is 0 Å². The maximum Gasteiger partial charge on any atom is 0.211 e. The standard InChI is InChI=1S/C13H31N3O3S/c1-13(2)14-7-5-6-12-20(17,18)15-8-10-19-11-9-16(3)4/h13-15H,5-12H2,1-4H3. The van der Waals surface area contributed by atoms with Crippen molar-refractivity contribution in [2.45, 2.75) is 32.7 Å². The zero-order chi connectivity index (χ0) is 15.4. The molecule has 0 aliphatic rings. The maximum atomic E-state index is 11.7. The number of hydrogen-bond acceptors (Lipinski definition) is 5. The molecule has 0 aromatic rings. The molecular formula is C13H31N3O3S. The number of nitrogens with zero attached hydrogens (tertiary/aromatic N) is 1. The predicted molar refractivity (Wildman–Crippen MR) is 83.5 cm³/mol. The fourth-order valence-corrected chi connectivity index (χ4v) is 2.62. The van der Waals surface area contributed by atoms with Crippen molar-refractivity contribution in [3.8, 4) is 0 Å². The van der Waals surface area contributed by atoms with Gasteiger partial charge in [-0.05, 0) is 33.5 Å². The van der Waals surface area contributed by atoms with Gasteiger partial charge in [-0.25, -0.2) is 13.1 Å². The lowest BCUT2D eigenvalue weighted by Crippen LogP contribution is -2.31. The summed E-state index contributed by atoms with van der Waals surface area (Å²) < 4.78 is 31.2. The molecule has 0 aliphatic heterocycles. The number of nitrogens with one attached hydrogen (secondary N) is 2. The number of unbranched alkanes of at least 4 members (excludes halogenated alkanes) is 1. The average Bonchev–Trinajstić information content (AvgIpc) is 2.32. The summed E-state index contributed by atoms with van der Waals surface area (Å²) in [6.45, 7) is 7.25. The zero-order valence-corrected chi connectivity index (χ0v) is 14.1. The molecule has 2 N–H and O–H groups in total. The van der Waals surface area contributed by atoms with Gasteiger partial charge in [-0.3, -0.25) is 0 Å². The van der Waals surface area contributed by atoms with Crippen molar-refractivity contribution >= 4 is 10.0 Å². The van der Waals surface area contributed by atoms with E-state index in [0.717, 1.165) is 19.5 Å². The Bertz CT molecular complexity index is 319. The summed E-state index contributed by atoms with van der Waals surface area (Å²) >= 11 is 0. The van der Waals surface area contributed by atoms with E-state index in [1.54, 1.807) is 0 Å². The molecule has 122 valence electrons. The minimum absolute atomic E-state index is 0.185. The maximum absolute atomic E-state index is 11.7. The van der Waals surface area contributed by atoms with Crippen LogP contribution >= 0.6 is 0 Å². The largest absolute Gasteiger partial charge is 0.379 e. The Labute approximate surface area is 124 Å². The summed E-state index contributed by atoms with van der Waals surface area (Å²) in [7, 11) is 0.791. The van der Waals surface area contributed by atoms with Crippen LogP contribution in [-0.4, -0.2) is 72.1 Å². The van der Waals surface area contributed by atoms with E-state index in [1.165, 1.54) is 0 Å². The summed E-state index contributed by atoms with van der Waals surface area (Å²) in [6, 6.07) is 0.448. The summed E-state index contributed by atoms with van der Waals surface area (Å²) in [5, 5.41) is 3.27. The molecule has 0 fully saturated rings. The normalized spacial score (nSPS) is 12.5. The first-order valence-corrected chi connectivity index (χ1v) is 8.92. The fourth-order valence-electron chi connectivity index (χ4n) is 1.50. The number of rotatable bonds is 13. The molecule has 20 heavy (non-hydrogen) atoms. The van der Waals surface area contributed by atoms with Crippen LogP contribution in [0.1, 0.15) is 26.7 Å². The average molecular weight is 309 g/mol. The van der Waals surface area contributed by atoms with Crippen LogP contribution in [0.15, 0.2) is 0 Å². The predicted octanol–water partition coefficient (Wildman–Crippen LogP) is 0.262. The second kappa shape index (κ2) is 11.4. The molecule has 0 atom stereocenters. The summed E-state index contributed by atoms with van der Waals surface area (Å²) in [5.41, 5.74) is 0. The zero-order valence-electron chi connectivity index (χ0n) is 13.3. The van der Waals surface area contributed by atoms with Gasteiger partial charge in [-0.2, -0.15) is 0 Å². The fraction of sp³-hybridized carbons (Fsp3) is 1.00. The van der Waals surface area contributed by atoms with Crippen LogP contribution in [0.25, 0.3) is 0 Å². The van der Waals surface area contributed by atoms with Crippen molar-refractivity contribution in [1.82, 2.24) is 14.9 Å². The number of sulfonamides is 1. The summed E-state index contributed by atoms with van der Waals surface area (Å²) in [6.07, 6.45) is 1.55. The molecule has 0 spiro atoms. The molecule has 0 heterocycles. The number of likely N-dealkylation sites (N-methyl/N-ethyl adjacent to an activating group) is 1. The van der Waals surface area contributed by atoms with Gasteiger partial charge in [0.05, 0.1) is 19.0 Å². The molecule has 0 saturated heterocycles. The molecule has 0 amide bonds. The molecule has 0 aliphatic carbocycles. The van der Waals surface area contributed by atoms with Gasteiger partial charge in [-0.1, -0.05) is 13.8 Å². The van der Waals surface area contributed by atoms with Gasteiger partial charge < -0.3 is 15.0 Å². The first-order chi connectivity index (χ1) is 9.33. The Morgan fingerprint density at radius 1 is 1.10 bits per heavy atom. The quantitative estimate of drug-likeness (QED) is 0.478. The molecule has 0 bridgehead atoms. The smallest absolute Gasteiger partial charge is 0.211 e. The number of hydrogen-bond donors (Lipinski definition) is 2. The van der Waals surface area contributed by atoms with Crippen molar-refractivity contribution in [3.05, 3.63) is 0 Å². The molecule has 0 rings (SSSR count). The third-order valence-electron chi connectivity index (χ3n) is 2.64. The topological polar surface area (TPSA) is 70.7 Å². The van der Waals surface area contributed by atoms with Gasteiger partial charge in [0, 0.05) is 19.1 Å². The van der Waals surface area contributed by atoms with Crippen molar-refractivity contribution in [1.29, 1.82) is 0 Å². The van der Waals surface area contributed by atoms with E-state index in [4.69, 9.17) is 4.74 Å². The summed E-state index contributed by atoms with van der Waals surface area (Å²) in [4.78, 5) is 2.02. The molecule has 0 aromatic carbocycles. The first-order valence-electron chi connectivity index (χ1n) is 7.26. The Kier molecular flexibility index (Phi) is 11.3. The molecule has 0 saturated carbocycles. The highest BCUT2D eigenvalue weighted by Crippen LogP contribution is 1.94. The Morgan fingerprint density at radius 2 is 1.80 bits per heavy atom. The Morgan fingerprint density at radius 3 is 2.40 bits per heavy atom. The number of ether oxygens (including phenoxy) is 1. The van der Waals surface area contributed by atoms with Crippen LogP contribution in [-0.2, 0) is 14.8 Å². The highest BCUT2D eigenvalue weighted by Gasteiger charge is 2.08. The second-order valence-electron chi connectivity index (χ2n) is 5.44. The molecular weight excluding hydrogens is 278 g/mol.